The van der Waals surface area contributed by atoms with E-state index in [4.69, 9.17) is 0 Å². The summed E-state index contributed by atoms with van der Waals surface area (Å²) < 4.78 is 0. The van der Waals surface area contributed by atoms with Crippen LogP contribution in [0.25, 0.3) is 5.57 Å². The summed E-state index contributed by atoms with van der Waals surface area (Å²) in [5, 5.41) is 12.7. The number of allylic oxidation sites excluding steroid dienone is 1. The highest BCUT2D eigenvalue weighted by Gasteiger charge is 2.25. The van der Waals surface area contributed by atoms with Crippen molar-refractivity contribution in [2.24, 2.45) is 0 Å². The van der Waals surface area contributed by atoms with Crippen molar-refractivity contribution in [2.75, 3.05) is 22.5 Å². The van der Waals surface area contributed by atoms with Gasteiger partial charge in [0.25, 0.3) is 11.8 Å². The molecular formula is C28H26N4O2. The van der Waals surface area contributed by atoms with Crippen LogP contribution in [0, 0.1) is 0 Å². The normalized spacial score (nSPS) is 15.4. The molecule has 0 saturated heterocycles. The van der Waals surface area contributed by atoms with Crippen LogP contribution in [0.3, 0.4) is 0 Å². The van der Waals surface area contributed by atoms with Crippen LogP contribution < -0.4 is 21.3 Å². The van der Waals surface area contributed by atoms with Gasteiger partial charge in [-0.05, 0) is 60.9 Å². The molecule has 0 spiro atoms. The minimum Gasteiger partial charge on any atom is -0.385 e. The lowest BCUT2D eigenvalue weighted by molar-refractivity contribution is -0.110. The summed E-state index contributed by atoms with van der Waals surface area (Å²) in [6, 6.07) is 20.9. The van der Waals surface area contributed by atoms with E-state index in [1.165, 1.54) is 0 Å². The first kappa shape index (κ1) is 21.5. The average Bonchev–Trinajstić information content (AvgIpc) is 3.47. The fraction of sp³-hybridized carbons (Fsp3) is 0.143. The van der Waals surface area contributed by atoms with E-state index >= 15 is 0 Å². The van der Waals surface area contributed by atoms with E-state index in [1.54, 1.807) is 12.1 Å². The second kappa shape index (κ2) is 9.27. The number of carbonyl (C=O) groups is 2. The maximum atomic E-state index is 12.6. The number of amides is 2. The lowest BCUT2D eigenvalue weighted by atomic mass is 10.0. The number of carbonyl (C=O) groups excluding carboxylic acids is 2. The van der Waals surface area contributed by atoms with Gasteiger partial charge in [-0.25, -0.2) is 0 Å². The van der Waals surface area contributed by atoms with Gasteiger partial charge < -0.3 is 21.3 Å². The van der Waals surface area contributed by atoms with Gasteiger partial charge in [-0.1, -0.05) is 43.3 Å². The van der Waals surface area contributed by atoms with Crippen LogP contribution in [0.15, 0.2) is 84.6 Å². The quantitative estimate of drug-likeness (QED) is 0.376. The van der Waals surface area contributed by atoms with Crippen molar-refractivity contribution in [3.63, 3.8) is 0 Å². The molecule has 3 aromatic carbocycles. The third-order valence-electron chi connectivity index (χ3n) is 6.00. The predicted octanol–water partition coefficient (Wildman–Crippen LogP) is 5.46. The molecule has 0 aromatic heterocycles. The van der Waals surface area contributed by atoms with E-state index in [0.29, 0.717) is 16.8 Å². The maximum absolute atomic E-state index is 12.6. The highest BCUT2D eigenvalue weighted by molar-refractivity contribution is 6.32. The zero-order chi connectivity index (χ0) is 23.5. The summed E-state index contributed by atoms with van der Waals surface area (Å²) in [5.74, 6) is -0.246. The van der Waals surface area contributed by atoms with E-state index in [9.17, 15) is 9.59 Å². The Labute approximate surface area is 198 Å². The highest BCUT2D eigenvalue weighted by Crippen LogP contribution is 2.36. The van der Waals surface area contributed by atoms with E-state index in [0.717, 1.165) is 53.3 Å². The van der Waals surface area contributed by atoms with Gasteiger partial charge >= 0.3 is 0 Å². The summed E-state index contributed by atoms with van der Waals surface area (Å²) in [5.41, 5.74) is 7.56. The molecule has 170 valence electrons. The first-order chi connectivity index (χ1) is 16.6. The highest BCUT2D eigenvalue weighted by atomic mass is 16.2. The number of benzene rings is 3. The van der Waals surface area contributed by atoms with Crippen LogP contribution in [0.5, 0.6) is 0 Å². The van der Waals surface area contributed by atoms with Crippen molar-refractivity contribution in [1.29, 1.82) is 0 Å². The predicted molar refractivity (Wildman–Crippen MR) is 137 cm³/mol. The van der Waals surface area contributed by atoms with Gasteiger partial charge in [0.1, 0.15) is 0 Å². The Hall–Kier alpha value is -4.32. The molecule has 0 fully saturated rings. The molecule has 5 rings (SSSR count). The van der Waals surface area contributed by atoms with Crippen molar-refractivity contribution in [1.82, 2.24) is 5.32 Å². The molecule has 0 unspecified atom stereocenters. The molecular weight excluding hydrogens is 424 g/mol. The second-order valence-electron chi connectivity index (χ2n) is 8.32. The van der Waals surface area contributed by atoms with Gasteiger partial charge in [0, 0.05) is 40.4 Å². The van der Waals surface area contributed by atoms with E-state index in [2.05, 4.69) is 34.3 Å². The van der Waals surface area contributed by atoms with Crippen LogP contribution in [0.4, 0.5) is 22.7 Å². The second-order valence-corrected chi connectivity index (χ2v) is 8.32. The largest absolute Gasteiger partial charge is 0.385 e. The minimum atomic E-state index is -0.151. The molecule has 0 aliphatic carbocycles. The van der Waals surface area contributed by atoms with Crippen molar-refractivity contribution in [3.05, 3.63) is 101 Å². The zero-order valence-corrected chi connectivity index (χ0v) is 18.9. The van der Waals surface area contributed by atoms with Gasteiger partial charge in [0.05, 0.1) is 11.3 Å². The first-order valence-corrected chi connectivity index (χ1v) is 11.5. The average molecular weight is 451 g/mol. The smallest absolute Gasteiger partial charge is 0.256 e. The summed E-state index contributed by atoms with van der Waals surface area (Å²) in [6.07, 6.45) is 5.83. The molecule has 6 nitrogen and oxygen atoms in total. The minimum absolute atomic E-state index is 0.0957. The number of hydrogen-bond acceptors (Lipinski definition) is 4. The Morgan fingerprint density at radius 3 is 2.62 bits per heavy atom. The van der Waals surface area contributed by atoms with Crippen molar-refractivity contribution in [2.45, 2.75) is 19.8 Å². The monoisotopic (exact) mass is 450 g/mol. The van der Waals surface area contributed by atoms with Crippen molar-refractivity contribution < 1.29 is 9.59 Å². The molecule has 0 radical (unpaired) electrons. The Bertz CT molecular complexity index is 1330. The maximum Gasteiger partial charge on any atom is 0.256 e. The number of hydrogen-bond donors (Lipinski definition) is 4. The van der Waals surface area contributed by atoms with Crippen LogP contribution >= 0.6 is 0 Å². The third kappa shape index (κ3) is 4.43. The summed E-state index contributed by atoms with van der Waals surface area (Å²) >= 11 is 0. The van der Waals surface area contributed by atoms with E-state index in [-0.39, 0.29) is 11.8 Å². The number of nitrogens with one attached hydrogen (secondary N) is 4. The molecule has 2 heterocycles. The number of aryl methyl sites for hydroxylation is 1. The zero-order valence-electron chi connectivity index (χ0n) is 18.9. The summed E-state index contributed by atoms with van der Waals surface area (Å²) in [7, 11) is 0. The van der Waals surface area contributed by atoms with Gasteiger partial charge in [0.2, 0.25) is 0 Å². The Morgan fingerprint density at radius 2 is 1.85 bits per heavy atom. The topological polar surface area (TPSA) is 82.3 Å². The Morgan fingerprint density at radius 1 is 1.03 bits per heavy atom. The van der Waals surface area contributed by atoms with Crippen molar-refractivity contribution >= 4 is 40.1 Å². The molecule has 3 aromatic rings. The van der Waals surface area contributed by atoms with Gasteiger partial charge in [-0.2, -0.15) is 0 Å². The van der Waals surface area contributed by atoms with Crippen LogP contribution in [-0.2, 0) is 11.2 Å². The number of fused-ring (bicyclic) bond motifs is 1. The molecule has 6 heteroatoms. The molecule has 0 saturated carbocycles. The molecule has 0 bridgehead atoms. The summed E-state index contributed by atoms with van der Waals surface area (Å²) in [4.78, 5) is 25.1. The first-order valence-electron chi connectivity index (χ1n) is 11.5. The lowest BCUT2D eigenvalue weighted by Gasteiger charge is -2.15. The summed E-state index contributed by atoms with van der Waals surface area (Å²) in [6.45, 7) is 3.00. The molecule has 34 heavy (non-hydrogen) atoms. The molecule has 4 N–H and O–H groups in total. The Balaban J connectivity index is 1.38. The Kier molecular flexibility index (Phi) is 5.87. The van der Waals surface area contributed by atoms with Crippen LogP contribution in [0.2, 0.25) is 0 Å². The standard InChI is InChI=1S/C28H26N4O2/c1-2-18-10-11-22(31-27(33)19-7-4-3-5-8-19)16-25(18)30-21-12-13-23-24(15-20-9-6-14-29-20)28(34)32-26(23)17-21/h3-5,7-13,15-17,29-30H,2,6,14H2,1H3,(H,31,33)(H,32,34)/b24-15-. The lowest BCUT2D eigenvalue weighted by Crippen LogP contribution is -2.12. The number of anilines is 4. The molecule has 2 aliphatic heterocycles. The van der Waals surface area contributed by atoms with Gasteiger partial charge in [0.15, 0.2) is 0 Å². The fourth-order valence-electron chi connectivity index (χ4n) is 4.22. The fourth-order valence-corrected chi connectivity index (χ4v) is 4.22. The third-order valence-corrected chi connectivity index (χ3v) is 6.00. The molecule has 0 atom stereocenters. The van der Waals surface area contributed by atoms with E-state index < -0.39 is 0 Å². The van der Waals surface area contributed by atoms with Gasteiger partial charge in [-0.15, -0.1) is 0 Å². The van der Waals surface area contributed by atoms with Crippen molar-refractivity contribution in [3.8, 4) is 0 Å². The van der Waals surface area contributed by atoms with Crippen LogP contribution in [0.1, 0.15) is 34.8 Å². The van der Waals surface area contributed by atoms with Crippen LogP contribution in [-0.4, -0.2) is 18.4 Å². The molecule has 2 amide bonds. The van der Waals surface area contributed by atoms with Gasteiger partial charge in [-0.3, -0.25) is 9.59 Å². The molecule has 2 aliphatic rings. The van der Waals surface area contributed by atoms with E-state index in [1.807, 2.05) is 60.7 Å². The SMILES string of the molecule is CCc1ccc(NC(=O)c2ccccc2)cc1Nc1ccc2c(c1)NC(=O)/C2=C\C1=CCCN1. The number of rotatable bonds is 6.